The average Bonchev–Trinajstić information content (AvgIpc) is 2.55. The van der Waals surface area contributed by atoms with Gasteiger partial charge < -0.3 is 4.74 Å². The minimum atomic E-state index is 0.387. The standard InChI is InChI=1S/C17H12Cl2N2O/c1-22-14-4-2-3-12(9-14)15-10-16(19)21-17(20-15)11-5-7-13(18)8-6-11/h2-10H,1H3. The third-order valence-electron chi connectivity index (χ3n) is 3.16. The maximum atomic E-state index is 6.15. The lowest BCUT2D eigenvalue weighted by atomic mass is 10.1. The van der Waals surface area contributed by atoms with Gasteiger partial charge in [0.1, 0.15) is 10.9 Å². The first-order valence-corrected chi connectivity index (χ1v) is 7.36. The number of methoxy groups -OCH3 is 1. The Kier molecular flexibility index (Phi) is 4.27. The highest BCUT2D eigenvalue weighted by molar-refractivity contribution is 6.30. The molecule has 0 amide bonds. The molecule has 0 aliphatic rings. The van der Waals surface area contributed by atoms with Gasteiger partial charge in [-0.25, -0.2) is 9.97 Å². The summed E-state index contributed by atoms with van der Waals surface area (Å²) in [6, 6.07) is 16.7. The van der Waals surface area contributed by atoms with Crippen LogP contribution in [0.25, 0.3) is 22.6 Å². The van der Waals surface area contributed by atoms with E-state index >= 15 is 0 Å². The topological polar surface area (TPSA) is 35.0 Å². The summed E-state index contributed by atoms with van der Waals surface area (Å²) in [6.45, 7) is 0. The minimum Gasteiger partial charge on any atom is -0.497 e. The molecule has 0 aliphatic carbocycles. The molecule has 0 fully saturated rings. The van der Waals surface area contributed by atoms with Crippen molar-refractivity contribution in [3.8, 4) is 28.4 Å². The molecule has 22 heavy (non-hydrogen) atoms. The van der Waals surface area contributed by atoms with E-state index in [9.17, 15) is 0 Å². The van der Waals surface area contributed by atoms with Gasteiger partial charge in [0.15, 0.2) is 5.82 Å². The molecule has 2 aromatic carbocycles. The van der Waals surface area contributed by atoms with Crippen LogP contribution >= 0.6 is 23.2 Å². The zero-order valence-electron chi connectivity index (χ0n) is 11.8. The molecule has 3 rings (SSSR count). The van der Waals surface area contributed by atoms with Crippen LogP contribution < -0.4 is 4.74 Å². The molecule has 0 saturated carbocycles. The summed E-state index contributed by atoms with van der Waals surface area (Å²) < 4.78 is 5.24. The third kappa shape index (κ3) is 3.21. The summed E-state index contributed by atoms with van der Waals surface area (Å²) in [5, 5.41) is 1.05. The summed E-state index contributed by atoms with van der Waals surface area (Å²) in [5.41, 5.74) is 2.51. The van der Waals surface area contributed by atoms with Crippen molar-refractivity contribution < 1.29 is 4.74 Å². The molecule has 0 atom stereocenters. The number of benzene rings is 2. The second kappa shape index (κ2) is 6.34. The number of aromatic nitrogens is 2. The summed E-state index contributed by atoms with van der Waals surface area (Å²) >= 11 is 12.1. The van der Waals surface area contributed by atoms with Gasteiger partial charge in [0.05, 0.1) is 12.8 Å². The third-order valence-corrected chi connectivity index (χ3v) is 3.61. The highest BCUT2D eigenvalue weighted by atomic mass is 35.5. The maximum Gasteiger partial charge on any atom is 0.161 e. The van der Waals surface area contributed by atoms with Gasteiger partial charge in [0.25, 0.3) is 0 Å². The first-order valence-electron chi connectivity index (χ1n) is 6.60. The van der Waals surface area contributed by atoms with Crippen LogP contribution in [-0.4, -0.2) is 17.1 Å². The molecule has 0 unspecified atom stereocenters. The predicted octanol–water partition coefficient (Wildman–Crippen LogP) is 5.13. The Hall–Kier alpha value is -2.10. The number of ether oxygens (including phenoxy) is 1. The predicted molar refractivity (Wildman–Crippen MR) is 89.5 cm³/mol. The van der Waals surface area contributed by atoms with E-state index in [0.717, 1.165) is 22.6 Å². The van der Waals surface area contributed by atoms with Crippen molar-refractivity contribution >= 4 is 23.2 Å². The second-order valence-corrected chi connectivity index (χ2v) is 5.46. The Morgan fingerprint density at radius 2 is 1.64 bits per heavy atom. The summed E-state index contributed by atoms with van der Waals surface area (Å²) in [6.07, 6.45) is 0. The summed E-state index contributed by atoms with van der Waals surface area (Å²) in [4.78, 5) is 8.87. The quantitative estimate of drug-likeness (QED) is 0.624. The first kappa shape index (κ1) is 14.8. The summed E-state index contributed by atoms with van der Waals surface area (Å²) in [5.74, 6) is 1.32. The molecule has 0 radical (unpaired) electrons. The Morgan fingerprint density at radius 1 is 0.864 bits per heavy atom. The lowest BCUT2D eigenvalue weighted by Gasteiger charge is -2.07. The van der Waals surface area contributed by atoms with Crippen LogP contribution in [-0.2, 0) is 0 Å². The molecular weight excluding hydrogens is 319 g/mol. The Balaban J connectivity index is 2.08. The monoisotopic (exact) mass is 330 g/mol. The van der Waals surface area contributed by atoms with Crippen molar-refractivity contribution in [3.63, 3.8) is 0 Å². The largest absolute Gasteiger partial charge is 0.497 e. The van der Waals surface area contributed by atoms with Crippen molar-refractivity contribution in [1.82, 2.24) is 9.97 Å². The van der Waals surface area contributed by atoms with Crippen molar-refractivity contribution in [3.05, 3.63) is 64.8 Å². The fourth-order valence-electron chi connectivity index (χ4n) is 2.08. The van der Waals surface area contributed by atoms with Crippen LogP contribution in [0.15, 0.2) is 54.6 Å². The molecule has 0 N–H and O–H groups in total. The maximum absolute atomic E-state index is 6.15. The van der Waals surface area contributed by atoms with E-state index in [0.29, 0.717) is 16.0 Å². The van der Waals surface area contributed by atoms with E-state index < -0.39 is 0 Å². The average molecular weight is 331 g/mol. The molecule has 0 aliphatic heterocycles. The van der Waals surface area contributed by atoms with Gasteiger partial charge in [0.2, 0.25) is 0 Å². The second-order valence-electron chi connectivity index (χ2n) is 4.64. The number of hydrogen-bond acceptors (Lipinski definition) is 3. The normalized spacial score (nSPS) is 10.5. The molecule has 110 valence electrons. The first-order chi connectivity index (χ1) is 10.7. The van der Waals surface area contributed by atoms with Crippen LogP contribution in [0, 0.1) is 0 Å². The molecule has 0 bridgehead atoms. The van der Waals surface area contributed by atoms with Gasteiger partial charge in [-0.1, -0.05) is 35.3 Å². The molecular formula is C17H12Cl2N2O. The van der Waals surface area contributed by atoms with Crippen LogP contribution in [0.1, 0.15) is 0 Å². The fraction of sp³-hybridized carbons (Fsp3) is 0.0588. The Bertz CT molecular complexity index is 804. The number of nitrogens with zero attached hydrogens (tertiary/aromatic N) is 2. The van der Waals surface area contributed by atoms with E-state index in [1.54, 1.807) is 25.3 Å². The van der Waals surface area contributed by atoms with E-state index in [1.807, 2.05) is 36.4 Å². The zero-order chi connectivity index (χ0) is 15.5. The van der Waals surface area contributed by atoms with Crippen LogP contribution in [0.4, 0.5) is 0 Å². The minimum absolute atomic E-state index is 0.387. The molecule has 5 heteroatoms. The lowest BCUT2D eigenvalue weighted by Crippen LogP contribution is -1.93. The summed E-state index contributed by atoms with van der Waals surface area (Å²) in [7, 11) is 1.63. The lowest BCUT2D eigenvalue weighted by molar-refractivity contribution is 0.415. The Morgan fingerprint density at radius 3 is 2.36 bits per heavy atom. The highest BCUT2D eigenvalue weighted by Crippen LogP contribution is 2.27. The van der Waals surface area contributed by atoms with Gasteiger partial charge in [0, 0.05) is 22.2 Å². The SMILES string of the molecule is COc1cccc(-c2cc(Cl)nc(-c3ccc(Cl)cc3)n2)c1. The molecule has 1 heterocycles. The van der Waals surface area contributed by atoms with E-state index in [4.69, 9.17) is 27.9 Å². The molecule has 1 aromatic heterocycles. The van der Waals surface area contributed by atoms with Gasteiger partial charge in [-0.05, 0) is 36.4 Å². The van der Waals surface area contributed by atoms with Crippen LogP contribution in [0.2, 0.25) is 10.2 Å². The molecule has 3 aromatic rings. The van der Waals surface area contributed by atoms with E-state index in [1.165, 1.54) is 0 Å². The molecule has 3 nitrogen and oxygen atoms in total. The van der Waals surface area contributed by atoms with Crippen molar-refractivity contribution in [2.24, 2.45) is 0 Å². The Labute approximate surface area is 138 Å². The van der Waals surface area contributed by atoms with Gasteiger partial charge in [-0.15, -0.1) is 0 Å². The smallest absolute Gasteiger partial charge is 0.161 e. The van der Waals surface area contributed by atoms with Gasteiger partial charge in [-0.2, -0.15) is 0 Å². The van der Waals surface area contributed by atoms with E-state index in [-0.39, 0.29) is 0 Å². The van der Waals surface area contributed by atoms with Gasteiger partial charge >= 0.3 is 0 Å². The van der Waals surface area contributed by atoms with Crippen molar-refractivity contribution in [2.45, 2.75) is 0 Å². The van der Waals surface area contributed by atoms with Crippen molar-refractivity contribution in [2.75, 3.05) is 7.11 Å². The fourth-order valence-corrected chi connectivity index (χ4v) is 2.39. The van der Waals surface area contributed by atoms with Crippen LogP contribution in [0.3, 0.4) is 0 Å². The molecule has 0 spiro atoms. The van der Waals surface area contributed by atoms with Crippen LogP contribution in [0.5, 0.6) is 5.75 Å². The van der Waals surface area contributed by atoms with E-state index in [2.05, 4.69) is 9.97 Å². The van der Waals surface area contributed by atoms with Crippen molar-refractivity contribution in [1.29, 1.82) is 0 Å². The number of halogens is 2. The highest BCUT2D eigenvalue weighted by Gasteiger charge is 2.08. The number of hydrogen-bond donors (Lipinski definition) is 0. The zero-order valence-corrected chi connectivity index (χ0v) is 13.3. The molecule has 0 saturated heterocycles. The van der Waals surface area contributed by atoms with Gasteiger partial charge in [-0.3, -0.25) is 0 Å². The number of rotatable bonds is 3.